The van der Waals surface area contributed by atoms with Gasteiger partial charge < -0.3 is 9.64 Å². The molecule has 1 aromatic heterocycles. The second-order valence-corrected chi connectivity index (χ2v) is 4.06. The summed E-state index contributed by atoms with van der Waals surface area (Å²) in [5.41, 5.74) is 0.410. The first-order valence-electron chi connectivity index (χ1n) is 5.56. The lowest BCUT2D eigenvalue weighted by Gasteiger charge is -2.20. The highest BCUT2D eigenvalue weighted by atomic mass is 35.5. The van der Waals surface area contributed by atoms with Crippen LogP contribution in [-0.2, 0) is 9.53 Å². The van der Waals surface area contributed by atoms with Gasteiger partial charge in [-0.2, -0.15) is 0 Å². The topological polar surface area (TPSA) is 59.5 Å². The van der Waals surface area contributed by atoms with E-state index in [-0.39, 0.29) is 17.6 Å². The SMILES string of the molecule is CCCN(CC(=O)OC)C(=O)c1ccnc(Cl)c1. The number of pyridine rings is 1. The fourth-order valence-electron chi connectivity index (χ4n) is 1.46. The zero-order chi connectivity index (χ0) is 13.5. The highest BCUT2D eigenvalue weighted by molar-refractivity contribution is 6.29. The molecule has 1 rings (SSSR count). The van der Waals surface area contributed by atoms with Crippen LogP contribution in [0.15, 0.2) is 18.3 Å². The molecule has 1 heterocycles. The van der Waals surface area contributed by atoms with Crippen LogP contribution in [0.4, 0.5) is 0 Å². The van der Waals surface area contributed by atoms with Gasteiger partial charge in [0.05, 0.1) is 7.11 Å². The van der Waals surface area contributed by atoms with Crippen LogP contribution in [0.1, 0.15) is 23.7 Å². The van der Waals surface area contributed by atoms with Gasteiger partial charge in [-0.3, -0.25) is 9.59 Å². The van der Waals surface area contributed by atoms with Crippen LogP contribution in [0.5, 0.6) is 0 Å². The Morgan fingerprint density at radius 1 is 1.50 bits per heavy atom. The Labute approximate surface area is 111 Å². The van der Waals surface area contributed by atoms with E-state index in [2.05, 4.69) is 9.72 Å². The summed E-state index contributed by atoms with van der Waals surface area (Å²) in [6.07, 6.45) is 2.21. The number of aromatic nitrogens is 1. The number of hydrogen-bond acceptors (Lipinski definition) is 4. The van der Waals surface area contributed by atoms with E-state index in [9.17, 15) is 9.59 Å². The molecule has 18 heavy (non-hydrogen) atoms. The number of halogens is 1. The van der Waals surface area contributed by atoms with Gasteiger partial charge in [-0.05, 0) is 18.6 Å². The van der Waals surface area contributed by atoms with Gasteiger partial charge in [0.25, 0.3) is 5.91 Å². The number of hydrogen-bond donors (Lipinski definition) is 0. The average Bonchev–Trinajstić information content (AvgIpc) is 2.37. The maximum absolute atomic E-state index is 12.2. The number of carbonyl (C=O) groups excluding carboxylic acids is 2. The highest BCUT2D eigenvalue weighted by Gasteiger charge is 2.18. The maximum Gasteiger partial charge on any atom is 0.325 e. The molecular formula is C12H15ClN2O3. The first-order valence-corrected chi connectivity index (χ1v) is 5.94. The predicted octanol–water partition coefficient (Wildman–Crippen LogP) is 1.76. The first-order chi connectivity index (χ1) is 8.58. The van der Waals surface area contributed by atoms with Crippen molar-refractivity contribution in [2.24, 2.45) is 0 Å². The number of rotatable bonds is 5. The largest absolute Gasteiger partial charge is 0.468 e. The fraction of sp³-hybridized carbons (Fsp3) is 0.417. The van der Waals surface area contributed by atoms with Crippen LogP contribution >= 0.6 is 11.6 Å². The van der Waals surface area contributed by atoms with E-state index in [1.807, 2.05) is 6.92 Å². The van der Waals surface area contributed by atoms with E-state index in [4.69, 9.17) is 11.6 Å². The highest BCUT2D eigenvalue weighted by Crippen LogP contribution is 2.10. The normalized spacial score (nSPS) is 9.94. The van der Waals surface area contributed by atoms with Crippen molar-refractivity contribution in [2.75, 3.05) is 20.2 Å². The lowest BCUT2D eigenvalue weighted by atomic mass is 10.2. The fourth-order valence-corrected chi connectivity index (χ4v) is 1.63. The summed E-state index contributed by atoms with van der Waals surface area (Å²) in [7, 11) is 1.29. The molecule has 0 spiro atoms. The first kappa shape index (κ1) is 14.4. The van der Waals surface area contributed by atoms with Crippen molar-refractivity contribution in [3.05, 3.63) is 29.0 Å². The van der Waals surface area contributed by atoms with Crippen LogP contribution in [0.25, 0.3) is 0 Å². The molecular weight excluding hydrogens is 256 g/mol. The zero-order valence-corrected chi connectivity index (χ0v) is 11.1. The standard InChI is InChI=1S/C12H15ClN2O3/c1-3-6-15(8-11(16)18-2)12(17)9-4-5-14-10(13)7-9/h4-5,7H,3,6,8H2,1-2H3. The second-order valence-electron chi connectivity index (χ2n) is 3.67. The van der Waals surface area contributed by atoms with Gasteiger partial charge in [0.15, 0.2) is 0 Å². The van der Waals surface area contributed by atoms with Crippen molar-refractivity contribution >= 4 is 23.5 Å². The van der Waals surface area contributed by atoms with Gasteiger partial charge in [-0.1, -0.05) is 18.5 Å². The van der Waals surface area contributed by atoms with E-state index in [1.165, 1.54) is 24.3 Å². The smallest absolute Gasteiger partial charge is 0.325 e. The van der Waals surface area contributed by atoms with E-state index in [0.717, 1.165) is 6.42 Å². The van der Waals surface area contributed by atoms with Gasteiger partial charge >= 0.3 is 5.97 Å². The van der Waals surface area contributed by atoms with Gasteiger partial charge in [0, 0.05) is 18.3 Å². The number of nitrogens with zero attached hydrogens (tertiary/aromatic N) is 2. The van der Waals surface area contributed by atoms with Crippen molar-refractivity contribution in [3.63, 3.8) is 0 Å². The maximum atomic E-state index is 12.2. The number of amides is 1. The molecule has 6 heteroatoms. The van der Waals surface area contributed by atoms with E-state index < -0.39 is 5.97 Å². The summed E-state index contributed by atoms with van der Waals surface area (Å²) in [4.78, 5) is 28.7. The number of ether oxygens (including phenoxy) is 1. The van der Waals surface area contributed by atoms with E-state index in [0.29, 0.717) is 12.1 Å². The molecule has 1 aromatic rings. The molecule has 5 nitrogen and oxygen atoms in total. The molecule has 0 N–H and O–H groups in total. The van der Waals surface area contributed by atoms with Crippen LogP contribution in [0, 0.1) is 0 Å². The molecule has 0 aromatic carbocycles. The Hall–Kier alpha value is -1.62. The Morgan fingerprint density at radius 2 is 2.22 bits per heavy atom. The van der Waals surface area contributed by atoms with Gasteiger partial charge in [-0.25, -0.2) is 4.98 Å². The summed E-state index contributed by atoms with van der Waals surface area (Å²) in [6.45, 7) is 2.34. The molecule has 98 valence electrons. The molecule has 0 aliphatic carbocycles. The van der Waals surface area contributed by atoms with E-state index in [1.54, 1.807) is 6.07 Å². The third-order valence-corrected chi connectivity index (χ3v) is 2.51. The van der Waals surface area contributed by atoms with E-state index >= 15 is 0 Å². The predicted molar refractivity (Wildman–Crippen MR) is 67.5 cm³/mol. The number of methoxy groups -OCH3 is 1. The number of carbonyl (C=O) groups is 2. The van der Waals surface area contributed by atoms with Crippen LogP contribution in [-0.4, -0.2) is 42.0 Å². The minimum Gasteiger partial charge on any atom is -0.468 e. The number of esters is 1. The Bertz CT molecular complexity index is 437. The monoisotopic (exact) mass is 270 g/mol. The van der Waals surface area contributed by atoms with Crippen LogP contribution in [0.2, 0.25) is 5.15 Å². The molecule has 0 aliphatic heterocycles. The van der Waals surface area contributed by atoms with Crippen molar-refractivity contribution in [1.29, 1.82) is 0 Å². The second kappa shape index (κ2) is 6.96. The van der Waals surface area contributed by atoms with Gasteiger partial charge in [0.1, 0.15) is 11.7 Å². The van der Waals surface area contributed by atoms with Crippen molar-refractivity contribution in [3.8, 4) is 0 Å². The van der Waals surface area contributed by atoms with Crippen LogP contribution < -0.4 is 0 Å². The zero-order valence-electron chi connectivity index (χ0n) is 10.4. The molecule has 1 amide bonds. The third kappa shape index (κ3) is 4.00. The molecule has 0 bridgehead atoms. The van der Waals surface area contributed by atoms with Crippen molar-refractivity contribution < 1.29 is 14.3 Å². The molecule has 0 radical (unpaired) electrons. The lowest BCUT2D eigenvalue weighted by molar-refractivity contribution is -0.141. The summed E-state index contributed by atoms with van der Waals surface area (Å²) in [5, 5.41) is 0.246. The molecule has 0 atom stereocenters. The minimum atomic E-state index is -0.447. The lowest BCUT2D eigenvalue weighted by Crippen LogP contribution is -2.36. The molecule has 0 unspecified atom stereocenters. The molecule has 0 saturated carbocycles. The van der Waals surface area contributed by atoms with Gasteiger partial charge in [-0.15, -0.1) is 0 Å². The van der Waals surface area contributed by atoms with Crippen LogP contribution in [0.3, 0.4) is 0 Å². The molecule has 0 fully saturated rings. The van der Waals surface area contributed by atoms with Crippen molar-refractivity contribution in [2.45, 2.75) is 13.3 Å². The Morgan fingerprint density at radius 3 is 2.78 bits per heavy atom. The van der Waals surface area contributed by atoms with Crippen molar-refractivity contribution in [1.82, 2.24) is 9.88 Å². The summed E-state index contributed by atoms with van der Waals surface area (Å²) >= 11 is 5.73. The average molecular weight is 271 g/mol. The summed E-state index contributed by atoms with van der Waals surface area (Å²) < 4.78 is 4.57. The summed E-state index contributed by atoms with van der Waals surface area (Å²) in [6, 6.07) is 3.04. The van der Waals surface area contributed by atoms with Gasteiger partial charge in [0.2, 0.25) is 0 Å². The third-order valence-electron chi connectivity index (χ3n) is 2.30. The minimum absolute atomic E-state index is 0.0664. The Balaban J connectivity index is 2.85. The Kier molecular flexibility index (Phi) is 5.58. The summed E-state index contributed by atoms with van der Waals surface area (Å²) in [5.74, 6) is -0.705. The molecule has 0 saturated heterocycles. The molecule has 0 aliphatic rings. The quantitative estimate of drug-likeness (QED) is 0.604.